The van der Waals surface area contributed by atoms with Crippen molar-refractivity contribution >= 4 is 39.1 Å². The first kappa shape index (κ1) is 29.1. The molecule has 0 saturated carbocycles. The fourth-order valence-corrected chi connectivity index (χ4v) is 5.31. The van der Waals surface area contributed by atoms with Gasteiger partial charge in [-0.3, -0.25) is 13.9 Å². The van der Waals surface area contributed by atoms with Crippen molar-refractivity contribution in [3.8, 4) is 0 Å². The summed E-state index contributed by atoms with van der Waals surface area (Å²) in [6, 6.07) is 17.1. The van der Waals surface area contributed by atoms with Crippen LogP contribution in [0.15, 0.2) is 77.7 Å². The average Bonchev–Trinajstić information content (AvgIpc) is 2.86. The van der Waals surface area contributed by atoms with Gasteiger partial charge in [0.15, 0.2) is 0 Å². The van der Waals surface area contributed by atoms with Crippen molar-refractivity contribution in [1.82, 2.24) is 10.2 Å². The maximum absolute atomic E-state index is 14.5. The third-order valence-corrected chi connectivity index (χ3v) is 7.94. The van der Waals surface area contributed by atoms with Gasteiger partial charge in [0.25, 0.3) is 10.0 Å². The minimum Gasteiger partial charge on any atom is -0.352 e. The van der Waals surface area contributed by atoms with Gasteiger partial charge in [0, 0.05) is 23.2 Å². The van der Waals surface area contributed by atoms with Gasteiger partial charge in [0.2, 0.25) is 11.8 Å². The average molecular weight is 560 g/mol. The Morgan fingerprint density at radius 1 is 0.947 bits per heavy atom. The molecular formula is C28H31ClFN3O4S. The van der Waals surface area contributed by atoms with E-state index in [0.29, 0.717) is 5.02 Å². The summed E-state index contributed by atoms with van der Waals surface area (Å²) in [4.78, 5) is 27.8. The van der Waals surface area contributed by atoms with E-state index in [-0.39, 0.29) is 28.7 Å². The van der Waals surface area contributed by atoms with Gasteiger partial charge in [-0.15, -0.1) is 0 Å². The Morgan fingerprint density at radius 2 is 1.55 bits per heavy atom. The number of hydrogen-bond donors (Lipinski definition) is 1. The second-order valence-electron chi connectivity index (χ2n) is 9.25. The van der Waals surface area contributed by atoms with Gasteiger partial charge in [-0.2, -0.15) is 0 Å². The number of halogens is 2. The zero-order valence-corrected chi connectivity index (χ0v) is 23.3. The van der Waals surface area contributed by atoms with Crippen LogP contribution in [0.4, 0.5) is 10.1 Å². The lowest BCUT2D eigenvalue weighted by Gasteiger charge is -2.32. The highest BCUT2D eigenvalue weighted by molar-refractivity contribution is 7.92. The summed E-state index contributed by atoms with van der Waals surface area (Å²) in [6.45, 7) is 6.12. The van der Waals surface area contributed by atoms with Crippen molar-refractivity contribution in [3.05, 3.63) is 94.8 Å². The molecule has 0 aliphatic heterocycles. The summed E-state index contributed by atoms with van der Waals surface area (Å²) in [7, 11) is -4.21. The van der Waals surface area contributed by atoms with E-state index < -0.39 is 40.2 Å². The van der Waals surface area contributed by atoms with Crippen molar-refractivity contribution in [1.29, 1.82) is 0 Å². The molecule has 3 rings (SSSR count). The maximum Gasteiger partial charge on any atom is 0.264 e. The van der Waals surface area contributed by atoms with E-state index in [4.69, 9.17) is 11.6 Å². The molecule has 3 aromatic carbocycles. The first-order valence-electron chi connectivity index (χ1n) is 12.1. The van der Waals surface area contributed by atoms with E-state index in [9.17, 15) is 22.4 Å². The van der Waals surface area contributed by atoms with Crippen molar-refractivity contribution in [2.24, 2.45) is 0 Å². The Labute approximate surface area is 228 Å². The van der Waals surface area contributed by atoms with Gasteiger partial charge < -0.3 is 10.2 Å². The third-order valence-electron chi connectivity index (χ3n) is 5.90. The number of aryl methyl sites for hydroxylation is 1. The van der Waals surface area contributed by atoms with Crippen LogP contribution in [0.5, 0.6) is 0 Å². The molecule has 3 aromatic rings. The number of carbonyl (C=O) groups excluding carboxylic acids is 2. The van der Waals surface area contributed by atoms with E-state index in [1.165, 1.54) is 54.3 Å². The van der Waals surface area contributed by atoms with E-state index in [2.05, 4.69) is 5.32 Å². The van der Waals surface area contributed by atoms with Gasteiger partial charge in [0.1, 0.15) is 18.4 Å². The number of carbonyl (C=O) groups is 2. The Bertz CT molecular complexity index is 1380. The lowest BCUT2D eigenvalue weighted by Crippen LogP contribution is -2.52. The second-order valence-corrected chi connectivity index (χ2v) is 11.6. The van der Waals surface area contributed by atoms with Crippen molar-refractivity contribution < 1.29 is 22.4 Å². The van der Waals surface area contributed by atoms with Gasteiger partial charge in [-0.05, 0) is 70.2 Å². The topological polar surface area (TPSA) is 86.8 Å². The van der Waals surface area contributed by atoms with Crippen LogP contribution in [-0.4, -0.2) is 43.8 Å². The summed E-state index contributed by atoms with van der Waals surface area (Å²) >= 11 is 5.95. The molecule has 0 bridgehead atoms. The standard InChI is InChI=1S/C28H31ClFN3O4S/c1-19(2)31-28(35)21(4)32(17-22-7-5-6-8-26(22)30)27(34)18-33(24-13-9-20(3)10-14-24)38(36,37)25-15-11-23(29)12-16-25/h5-16,19,21H,17-18H2,1-4H3,(H,31,35)/t21-/m0/s1. The summed E-state index contributed by atoms with van der Waals surface area (Å²) in [5.74, 6) is -1.64. The summed E-state index contributed by atoms with van der Waals surface area (Å²) < 4.78 is 43.0. The van der Waals surface area contributed by atoms with Gasteiger partial charge in [0.05, 0.1) is 10.6 Å². The molecule has 0 aromatic heterocycles. The molecule has 0 radical (unpaired) electrons. The van der Waals surface area contributed by atoms with Crippen LogP contribution in [0, 0.1) is 12.7 Å². The Hall–Kier alpha value is -3.43. The van der Waals surface area contributed by atoms with E-state index in [1.807, 2.05) is 6.92 Å². The molecule has 38 heavy (non-hydrogen) atoms. The SMILES string of the molecule is Cc1ccc(N(CC(=O)N(Cc2ccccc2F)[C@@H](C)C(=O)NC(C)C)S(=O)(=O)c2ccc(Cl)cc2)cc1. The number of anilines is 1. The van der Waals surface area contributed by atoms with Crippen molar-refractivity contribution in [2.45, 2.75) is 51.2 Å². The lowest BCUT2D eigenvalue weighted by atomic mass is 10.1. The molecule has 0 spiro atoms. The number of nitrogens with one attached hydrogen (secondary N) is 1. The van der Waals surface area contributed by atoms with E-state index >= 15 is 0 Å². The monoisotopic (exact) mass is 559 g/mol. The number of amides is 2. The Morgan fingerprint density at radius 3 is 2.13 bits per heavy atom. The molecule has 7 nitrogen and oxygen atoms in total. The molecule has 0 unspecified atom stereocenters. The molecule has 0 saturated heterocycles. The van der Waals surface area contributed by atoms with Gasteiger partial charge >= 0.3 is 0 Å². The Balaban J connectivity index is 2.03. The fourth-order valence-electron chi connectivity index (χ4n) is 3.77. The minimum absolute atomic E-state index is 0.0541. The van der Waals surface area contributed by atoms with Crippen LogP contribution in [0.2, 0.25) is 5.02 Å². The molecule has 0 aliphatic rings. The van der Waals surface area contributed by atoms with E-state index in [0.717, 1.165) is 9.87 Å². The van der Waals surface area contributed by atoms with Crippen LogP contribution in [-0.2, 0) is 26.2 Å². The minimum atomic E-state index is -4.21. The molecule has 2 amide bonds. The zero-order valence-electron chi connectivity index (χ0n) is 21.7. The largest absolute Gasteiger partial charge is 0.352 e. The summed E-state index contributed by atoms with van der Waals surface area (Å²) in [6.07, 6.45) is 0. The molecule has 202 valence electrons. The third kappa shape index (κ3) is 7.11. The number of sulfonamides is 1. The predicted octanol–water partition coefficient (Wildman–Crippen LogP) is 4.92. The molecule has 1 atom stereocenters. The number of rotatable bonds is 10. The molecule has 1 N–H and O–H groups in total. The van der Waals surface area contributed by atoms with Crippen LogP contribution in [0.1, 0.15) is 31.9 Å². The zero-order chi connectivity index (χ0) is 28.0. The van der Waals surface area contributed by atoms with Crippen molar-refractivity contribution in [2.75, 3.05) is 10.8 Å². The highest BCUT2D eigenvalue weighted by atomic mass is 35.5. The first-order valence-corrected chi connectivity index (χ1v) is 13.9. The van der Waals surface area contributed by atoms with Crippen LogP contribution >= 0.6 is 11.6 Å². The molecule has 0 fully saturated rings. The van der Waals surface area contributed by atoms with Crippen molar-refractivity contribution in [3.63, 3.8) is 0 Å². The normalized spacial score (nSPS) is 12.2. The highest BCUT2D eigenvalue weighted by Gasteiger charge is 2.33. The molecule has 10 heteroatoms. The quantitative estimate of drug-likeness (QED) is 0.382. The van der Waals surface area contributed by atoms with Gasteiger partial charge in [-0.25, -0.2) is 12.8 Å². The predicted molar refractivity (Wildman–Crippen MR) is 147 cm³/mol. The van der Waals surface area contributed by atoms with Crippen LogP contribution < -0.4 is 9.62 Å². The fraction of sp³-hybridized carbons (Fsp3) is 0.286. The lowest BCUT2D eigenvalue weighted by molar-refractivity contribution is -0.139. The molecule has 0 heterocycles. The second kappa shape index (κ2) is 12.4. The number of hydrogen-bond acceptors (Lipinski definition) is 4. The Kier molecular flexibility index (Phi) is 9.51. The first-order chi connectivity index (χ1) is 17.9. The number of benzene rings is 3. The number of nitrogens with zero attached hydrogens (tertiary/aromatic N) is 2. The van der Waals surface area contributed by atoms with Gasteiger partial charge in [-0.1, -0.05) is 47.5 Å². The summed E-state index contributed by atoms with van der Waals surface area (Å²) in [5.41, 5.74) is 1.38. The molecule has 0 aliphatic carbocycles. The van der Waals surface area contributed by atoms with Crippen LogP contribution in [0.3, 0.4) is 0 Å². The maximum atomic E-state index is 14.5. The molecular weight excluding hydrogens is 529 g/mol. The van der Waals surface area contributed by atoms with E-state index in [1.54, 1.807) is 44.2 Å². The van der Waals surface area contributed by atoms with Crippen LogP contribution in [0.25, 0.3) is 0 Å². The smallest absolute Gasteiger partial charge is 0.264 e. The summed E-state index contributed by atoms with van der Waals surface area (Å²) in [5, 5.41) is 3.12. The highest BCUT2D eigenvalue weighted by Crippen LogP contribution is 2.26.